The van der Waals surface area contributed by atoms with Crippen LogP contribution in [0.4, 0.5) is 0 Å². The van der Waals surface area contributed by atoms with Crippen molar-refractivity contribution in [3.63, 3.8) is 0 Å². The van der Waals surface area contributed by atoms with Gasteiger partial charge in [-0.15, -0.1) is 0 Å². The summed E-state index contributed by atoms with van der Waals surface area (Å²) >= 11 is 2.42. The normalized spacial score (nSPS) is 15.3. The monoisotopic (exact) mass is 323 g/mol. The van der Waals surface area contributed by atoms with E-state index in [-0.39, 0.29) is 5.91 Å². The molecule has 2 nitrogen and oxygen atoms in total. The van der Waals surface area contributed by atoms with E-state index in [4.69, 9.17) is 0 Å². The van der Waals surface area contributed by atoms with E-state index in [1.807, 2.05) is 0 Å². The molecule has 1 saturated carbocycles. The van der Waals surface area contributed by atoms with Gasteiger partial charge in [0.15, 0.2) is 0 Å². The number of carbonyl (C=O) groups excluding carboxylic acids is 1. The number of halogens is 1. The molecule has 1 aliphatic rings. The number of amides is 1. The van der Waals surface area contributed by atoms with Gasteiger partial charge in [-0.25, -0.2) is 0 Å². The van der Waals surface area contributed by atoms with E-state index in [9.17, 15) is 4.79 Å². The summed E-state index contributed by atoms with van der Waals surface area (Å²) in [7, 11) is 0. The van der Waals surface area contributed by atoms with Crippen LogP contribution in [0.1, 0.15) is 51.4 Å². The zero-order chi connectivity index (χ0) is 10.9. The fourth-order valence-corrected chi connectivity index (χ4v) is 2.12. The minimum atomic E-state index is 0.260. The molecule has 0 atom stereocenters. The van der Waals surface area contributed by atoms with Crippen LogP contribution in [0.5, 0.6) is 0 Å². The molecule has 3 heteroatoms. The maximum Gasteiger partial charge on any atom is 0.220 e. The van der Waals surface area contributed by atoms with E-state index in [1.54, 1.807) is 0 Å². The standard InChI is InChI=1S/C12H22INO/c13-9-5-3-1-2-4-6-12(15)14-10-11-7-8-11/h11H,1-10H2,(H,14,15). The van der Waals surface area contributed by atoms with Gasteiger partial charge in [-0.05, 0) is 36.0 Å². The number of rotatable bonds is 9. The molecule has 0 unspecified atom stereocenters. The third kappa shape index (κ3) is 8.05. The summed E-state index contributed by atoms with van der Waals surface area (Å²) in [6, 6.07) is 0. The zero-order valence-electron chi connectivity index (χ0n) is 9.43. The first kappa shape index (κ1) is 13.3. The zero-order valence-corrected chi connectivity index (χ0v) is 11.6. The topological polar surface area (TPSA) is 29.1 Å². The van der Waals surface area contributed by atoms with E-state index in [0.717, 1.165) is 25.3 Å². The number of alkyl halides is 1. The summed E-state index contributed by atoms with van der Waals surface area (Å²) < 4.78 is 1.26. The van der Waals surface area contributed by atoms with E-state index in [0.29, 0.717) is 0 Å². The van der Waals surface area contributed by atoms with Crippen LogP contribution in [-0.2, 0) is 4.79 Å². The minimum Gasteiger partial charge on any atom is -0.356 e. The van der Waals surface area contributed by atoms with Crippen LogP contribution in [0.2, 0.25) is 0 Å². The van der Waals surface area contributed by atoms with Gasteiger partial charge < -0.3 is 5.32 Å². The van der Waals surface area contributed by atoms with Gasteiger partial charge in [0.25, 0.3) is 0 Å². The molecule has 0 bridgehead atoms. The maximum atomic E-state index is 11.4. The van der Waals surface area contributed by atoms with Gasteiger partial charge >= 0.3 is 0 Å². The molecule has 1 N–H and O–H groups in total. The average Bonchev–Trinajstić information content (AvgIpc) is 3.04. The predicted molar refractivity (Wildman–Crippen MR) is 72.3 cm³/mol. The molecule has 0 aromatic rings. The Morgan fingerprint density at radius 3 is 2.47 bits per heavy atom. The summed E-state index contributed by atoms with van der Waals surface area (Å²) in [4.78, 5) is 11.4. The third-order valence-electron chi connectivity index (χ3n) is 2.82. The number of unbranched alkanes of at least 4 members (excludes halogenated alkanes) is 4. The second-order valence-corrected chi connectivity index (χ2v) is 5.53. The SMILES string of the molecule is O=C(CCCCCCCI)NCC1CC1. The quantitative estimate of drug-likeness (QED) is 0.394. The lowest BCUT2D eigenvalue weighted by atomic mass is 10.1. The molecule has 0 saturated heterocycles. The van der Waals surface area contributed by atoms with E-state index in [1.165, 1.54) is 43.0 Å². The van der Waals surface area contributed by atoms with Crippen molar-refractivity contribution in [3.05, 3.63) is 0 Å². The highest BCUT2D eigenvalue weighted by atomic mass is 127. The Bertz CT molecular complexity index is 180. The fraction of sp³-hybridized carbons (Fsp3) is 0.917. The van der Waals surface area contributed by atoms with Gasteiger partial charge in [-0.2, -0.15) is 0 Å². The number of nitrogens with one attached hydrogen (secondary N) is 1. The molecule has 0 aliphatic heterocycles. The molecule has 0 radical (unpaired) electrons. The number of hydrogen-bond donors (Lipinski definition) is 1. The highest BCUT2D eigenvalue weighted by Gasteiger charge is 2.21. The Balaban J connectivity index is 1.79. The molecular formula is C12H22INO. The summed E-state index contributed by atoms with van der Waals surface area (Å²) in [6.07, 6.45) is 9.59. The molecule has 1 amide bonds. The van der Waals surface area contributed by atoms with Crippen molar-refractivity contribution in [3.8, 4) is 0 Å². The first-order chi connectivity index (χ1) is 7.33. The van der Waals surface area contributed by atoms with E-state index in [2.05, 4.69) is 27.9 Å². The molecule has 0 aromatic carbocycles. The van der Waals surface area contributed by atoms with Gasteiger partial charge in [0, 0.05) is 13.0 Å². The molecule has 0 aromatic heterocycles. The Morgan fingerprint density at radius 2 is 1.80 bits per heavy atom. The molecule has 1 aliphatic carbocycles. The summed E-state index contributed by atoms with van der Waals surface area (Å²) in [5.41, 5.74) is 0. The van der Waals surface area contributed by atoms with E-state index < -0.39 is 0 Å². The van der Waals surface area contributed by atoms with Crippen molar-refractivity contribution in [2.45, 2.75) is 51.4 Å². The van der Waals surface area contributed by atoms with Crippen LogP contribution in [0.25, 0.3) is 0 Å². The Morgan fingerprint density at radius 1 is 1.13 bits per heavy atom. The highest BCUT2D eigenvalue weighted by molar-refractivity contribution is 14.1. The van der Waals surface area contributed by atoms with Crippen LogP contribution in [0.3, 0.4) is 0 Å². The Hall–Kier alpha value is 0.200. The van der Waals surface area contributed by atoms with Crippen LogP contribution in [0.15, 0.2) is 0 Å². The molecule has 0 spiro atoms. The van der Waals surface area contributed by atoms with Gasteiger partial charge in [-0.3, -0.25) is 4.79 Å². The van der Waals surface area contributed by atoms with Crippen molar-refractivity contribution < 1.29 is 4.79 Å². The summed E-state index contributed by atoms with van der Waals surface area (Å²) in [6.45, 7) is 0.924. The van der Waals surface area contributed by atoms with Crippen molar-refractivity contribution in [2.75, 3.05) is 11.0 Å². The van der Waals surface area contributed by atoms with Gasteiger partial charge in [0.2, 0.25) is 5.91 Å². The molecule has 1 rings (SSSR count). The van der Waals surface area contributed by atoms with Gasteiger partial charge in [0.1, 0.15) is 0 Å². The lowest BCUT2D eigenvalue weighted by molar-refractivity contribution is -0.121. The van der Waals surface area contributed by atoms with Crippen LogP contribution in [-0.4, -0.2) is 16.9 Å². The van der Waals surface area contributed by atoms with Gasteiger partial charge in [-0.1, -0.05) is 41.9 Å². The van der Waals surface area contributed by atoms with Crippen molar-refractivity contribution in [1.82, 2.24) is 5.32 Å². The second kappa shape index (κ2) is 8.36. The number of carbonyl (C=O) groups is 1. The first-order valence-electron chi connectivity index (χ1n) is 6.15. The van der Waals surface area contributed by atoms with Crippen LogP contribution < -0.4 is 5.32 Å². The minimum absolute atomic E-state index is 0.260. The number of hydrogen-bond acceptors (Lipinski definition) is 1. The van der Waals surface area contributed by atoms with Crippen molar-refractivity contribution >= 4 is 28.5 Å². The lowest BCUT2D eigenvalue weighted by Crippen LogP contribution is -2.25. The largest absolute Gasteiger partial charge is 0.356 e. The molecule has 88 valence electrons. The Kier molecular flexibility index (Phi) is 7.40. The highest BCUT2D eigenvalue weighted by Crippen LogP contribution is 2.27. The third-order valence-corrected chi connectivity index (χ3v) is 3.59. The van der Waals surface area contributed by atoms with Gasteiger partial charge in [0.05, 0.1) is 0 Å². The summed E-state index contributed by atoms with van der Waals surface area (Å²) in [5.74, 6) is 1.06. The predicted octanol–water partition coefficient (Wildman–Crippen LogP) is 3.29. The molecule has 1 fully saturated rings. The Labute approximate surface area is 107 Å². The molecule has 15 heavy (non-hydrogen) atoms. The van der Waals surface area contributed by atoms with Crippen LogP contribution in [0, 0.1) is 5.92 Å². The molecular weight excluding hydrogens is 301 g/mol. The molecule has 0 heterocycles. The van der Waals surface area contributed by atoms with E-state index >= 15 is 0 Å². The van der Waals surface area contributed by atoms with Crippen LogP contribution >= 0.6 is 22.6 Å². The maximum absolute atomic E-state index is 11.4. The lowest BCUT2D eigenvalue weighted by Gasteiger charge is -2.03. The smallest absolute Gasteiger partial charge is 0.220 e. The van der Waals surface area contributed by atoms with Crippen molar-refractivity contribution in [2.24, 2.45) is 5.92 Å². The fourth-order valence-electron chi connectivity index (χ4n) is 1.58. The average molecular weight is 323 g/mol. The summed E-state index contributed by atoms with van der Waals surface area (Å²) in [5, 5.41) is 3.01. The first-order valence-corrected chi connectivity index (χ1v) is 7.68. The van der Waals surface area contributed by atoms with Crippen molar-refractivity contribution in [1.29, 1.82) is 0 Å². The second-order valence-electron chi connectivity index (χ2n) is 4.45.